The smallest absolute Gasteiger partial charge is 0.335 e. The van der Waals surface area contributed by atoms with Gasteiger partial charge in [0.15, 0.2) is 0 Å². The zero-order valence-electron chi connectivity index (χ0n) is 29.1. The molecule has 0 saturated heterocycles. The van der Waals surface area contributed by atoms with Gasteiger partial charge in [-0.05, 0) is 133 Å². The average molecular weight is 643 g/mol. The molecule has 1 N–H and O–H groups in total. The highest BCUT2D eigenvalue weighted by atomic mass is 16.5. The van der Waals surface area contributed by atoms with Gasteiger partial charge in [0.25, 0.3) is 0 Å². The molecule has 2 fully saturated rings. The van der Waals surface area contributed by atoms with Gasteiger partial charge >= 0.3 is 5.97 Å². The van der Waals surface area contributed by atoms with Crippen LogP contribution in [0.1, 0.15) is 114 Å². The molecule has 0 bridgehead atoms. The molecule has 0 radical (unpaired) electrons. The largest absolute Gasteiger partial charge is 0.508 e. The number of phenols is 1. The summed E-state index contributed by atoms with van der Waals surface area (Å²) in [5, 5.41) is 9.38. The minimum atomic E-state index is -0.434. The topological polar surface area (TPSA) is 46.5 Å². The molecule has 0 aromatic heterocycles. The Balaban J connectivity index is 0.000000190. The maximum atomic E-state index is 11.2. The Morgan fingerprint density at radius 1 is 0.604 bits per heavy atom. The van der Waals surface area contributed by atoms with Crippen molar-refractivity contribution in [3.63, 3.8) is 0 Å². The van der Waals surface area contributed by atoms with Gasteiger partial charge in [-0.15, -0.1) is 0 Å². The summed E-state index contributed by atoms with van der Waals surface area (Å²) in [5.74, 6) is 3.82. The maximum absolute atomic E-state index is 11.2. The Morgan fingerprint density at radius 2 is 0.958 bits per heavy atom. The molecule has 0 spiro atoms. The summed E-state index contributed by atoms with van der Waals surface area (Å²) in [5.41, 5.74) is 7.67. The highest BCUT2D eigenvalue weighted by molar-refractivity contribution is 5.83. The Bertz CT molecular complexity index is 1540. The van der Waals surface area contributed by atoms with E-state index in [1.54, 1.807) is 12.1 Å². The highest BCUT2D eigenvalue weighted by Crippen LogP contribution is 2.39. The Labute approximate surface area is 289 Å². The van der Waals surface area contributed by atoms with Crippen molar-refractivity contribution in [2.45, 2.75) is 103 Å². The predicted octanol–water partition coefficient (Wildman–Crippen LogP) is 12.7. The van der Waals surface area contributed by atoms with E-state index in [1.165, 1.54) is 105 Å². The van der Waals surface area contributed by atoms with E-state index >= 15 is 0 Å². The van der Waals surface area contributed by atoms with Crippen LogP contribution in [0.15, 0.2) is 110 Å². The van der Waals surface area contributed by atoms with Crippen molar-refractivity contribution in [2.24, 2.45) is 11.8 Å². The minimum absolute atomic E-state index is 0.323. The van der Waals surface area contributed by atoms with Crippen molar-refractivity contribution in [3.05, 3.63) is 121 Å². The van der Waals surface area contributed by atoms with E-state index in [9.17, 15) is 9.90 Å². The first-order valence-corrected chi connectivity index (χ1v) is 18.4. The third-order valence-electron chi connectivity index (χ3n) is 10.6. The number of esters is 1. The normalized spacial score (nSPS) is 20.6. The molecule has 4 aromatic rings. The van der Waals surface area contributed by atoms with Crippen molar-refractivity contribution in [1.29, 1.82) is 0 Å². The van der Waals surface area contributed by atoms with Gasteiger partial charge in [0.1, 0.15) is 11.5 Å². The summed E-state index contributed by atoms with van der Waals surface area (Å²) in [7, 11) is 0. The first kappa shape index (κ1) is 35.2. The Hall–Kier alpha value is -4.11. The molecule has 0 unspecified atom stereocenters. The predicted molar refractivity (Wildman–Crippen MR) is 200 cm³/mol. The lowest BCUT2D eigenvalue weighted by molar-refractivity contribution is -0.128. The third kappa shape index (κ3) is 9.95. The Kier molecular flexibility index (Phi) is 13.1. The number of hydrogen-bond donors (Lipinski definition) is 1. The zero-order chi connectivity index (χ0) is 33.7. The number of phenolic OH excluding ortho intramolecular Hbond substituents is 1. The number of carbonyl (C=O) groups is 1. The summed E-state index contributed by atoms with van der Waals surface area (Å²) in [6, 6.07) is 33.1. The molecule has 2 saturated carbocycles. The first-order chi connectivity index (χ1) is 23.4. The summed E-state index contributed by atoms with van der Waals surface area (Å²) >= 11 is 0. The van der Waals surface area contributed by atoms with Gasteiger partial charge < -0.3 is 9.84 Å². The number of carbonyl (C=O) groups excluding carboxylic acids is 1. The molecule has 6 rings (SSSR count). The number of aromatic hydroxyl groups is 1. The molecule has 0 heterocycles. The molecule has 2 aliphatic rings. The molecule has 3 heteroatoms. The molecule has 0 aliphatic heterocycles. The summed E-state index contributed by atoms with van der Waals surface area (Å²) in [4.78, 5) is 11.2. The van der Waals surface area contributed by atoms with Crippen LogP contribution in [0.25, 0.3) is 22.3 Å². The Morgan fingerprint density at radius 3 is 1.31 bits per heavy atom. The summed E-state index contributed by atoms with van der Waals surface area (Å²) < 4.78 is 5.12. The second-order valence-electron chi connectivity index (χ2n) is 14.0. The minimum Gasteiger partial charge on any atom is -0.508 e. The molecule has 48 heavy (non-hydrogen) atoms. The molecule has 4 aromatic carbocycles. The van der Waals surface area contributed by atoms with Crippen LogP contribution in [0.3, 0.4) is 0 Å². The fraction of sp³-hybridized carbons (Fsp3) is 0.400. The van der Waals surface area contributed by atoms with E-state index in [2.05, 4.69) is 69.0 Å². The fourth-order valence-electron chi connectivity index (χ4n) is 7.81. The van der Waals surface area contributed by atoms with Crippen LogP contribution >= 0.6 is 0 Å². The monoisotopic (exact) mass is 642 g/mol. The lowest BCUT2D eigenvalue weighted by Crippen LogP contribution is -2.13. The number of rotatable bonds is 10. The molecular weight excluding hydrogens is 588 g/mol. The number of benzene rings is 4. The zero-order valence-corrected chi connectivity index (χ0v) is 29.1. The van der Waals surface area contributed by atoms with Crippen molar-refractivity contribution in [3.8, 4) is 33.8 Å². The SMILES string of the molecule is C=CC(=O)Oc1ccc(-c2ccc(C3CCC(CCC)CC3)cc2)cc1.CCCC1CCC(c2ccc(-c3ccc(O)cc3)cc2)CC1. The fourth-order valence-corrected chi connectivity index (χ4v) is 7.81. The second-order valence-corrected chi connectivity index (χ2v) is 14.0. The highest BCUT2D eigenvalue weighted by Gasteiger charge is 2.23. The van der Waals surface area contributed by atoms with Crippen molar-refractivity contribution in [2.75, 3.05) is 0 Å². The second kappa shape index (κ2) is 17.9. The molecule has 252 valence electrons. The van der Waals surface area contributed by atoms with E-state index in [-0.39, 0.29) is 0 Å². The molecule has 2 aliphatic carbocycles. The van der Waals surface area contributed by atoms with E-state index in [4.69, 9.17) is 4.74 Å². The van der Waals surface area contributed by atoms with Gasteiger partial charge in [-0.2, -0.15) is 0 Å². The van der Waals surface area contributed by atoms with Crippen LogP contribution in [0.5, 0.6) is 11.5 Å². The standard InChI is InChI=1S/C24H28O2.C21H26O/c1-3-5-18-6-8-19(9-7-18)20-10-12-21(13-11-20)22-14-16-23(17-15-22)26-24(25)4-2;1-2-3-16-4-6-17(7-5-16)18-8-10-19(11-9-18)20-12-14-21(22)15-13-20/h4,10-19H,2-3,5-9H2,1H3;8-17,22H,2-7H2,1H3. The first-order valence-electron chi connectivity index (χ1n) is 18.4. The van der Waals surface area contributed by atoms with Crippen LogP contribution < -0.4 is 4.74 Å². The molecule has 0 amide bonds. The van der Waals surface area contributed by atoms with Gasteiger partial charge in [-0.3, -0.25) is 0 Å². The van der Waals surface area contributed by atoms with Crippen molar-refractivity contribution in [1.82, 2.24) is 0 Å². The maximum Gasteiger partial charge on any atom is 0.335 e. The van der Waals surface area contributed by atoms with Crippen LogP contribution in [0.4, 0.5) is 0 Å². The molecule has 0 atom stereocenters. The van der Waals surface area contributed by atoms with Crippen LogP contribution in [-0.4, -0.2) is 11.1 Å². The van der Waals surface area contributed by atoms with Crippen LogP contribution in [0.2, 0.25) is 0 Å². The molecular formula is C45H54O3. The third-order valence-corrected chi connectivity index (χ3v) is 10.6. The lowest BCUT2D eigenvalue weighted by Gasteiger charge is -2.28. The van der Waals surface area contributed by atoms with Gasteiger partial charge in [0, 0.05) is 6.08 Å². The number of hydrogen-bond acceptors (Lipinski definition) is 3. The van der Waals surface area contributed by atoms with Crippen LogP contribution in [-0.2, 0) is 4.79 Å². The van der Waals surface area contributed by atoms with Gasteiger partial charge in [-0.25, -0.2) is 4.79 Å². The average Bonchev–Trinajstić information content (AvgIpc) is 3.14. The molecule has 3 nitrogen and oxygen atoms in total. The van der Waals surface area contributed by atoms with E-state index in [0.717, 1.165) is 34.8 Å². The van der Waals surface area contributed by atoms with E-state index < -0.39 is 5.97 Å². The number of ether oxygens (including phenoxy) is 1. The summed E-state index contributed by atoms with van der Waals surface area (Å²) in [6.45, 7) is 8.00. The van der Waals surface area contributed by atoms with Crippen molar-refractivity contribution >= 4 is 5.97 Å². The lowest BCUT2D eigenvalue weighted by atomic mass is 9.77. The van der Waals surface area contributed by atoms with E-state index in [0.29, 0.717) is 11.5 Å². The van der Waals surface area contributed by atoms with Gasteiger partial charge in [0.05, 0.1) is 0 Å². The van der Waals surface area contributed by atoms with Gasteiger partial charge in [-0.1, -0.05) is 119 Å². The quantitative estimate of drug-likeness (QED) is 0.106. The summed E-state index contributed by atoms with van der Waals surface area (Å²) in [6.07, 6.45) is 17.5. The van der Waals surface area contributed by atoms with Crippen LogP contribution in [0, 0.1) is 11.8 Å². The van der Waals surface area contributed by atoms with E-state index in [1.807, 2.05) is 36.4 Å². The van der Waals surface area contributed by atoms with Gasteiger partial charge in [0.2, 0.25) is 0 Å². The van der Waals surface area contributed by atoms with Crippen molar-refractivity contribution < 1.29 is 14.6 Å².